The maximum atomic E-state index is 12.2. The number of benzene rings is 2. The summed E-state index contributed by atoms with van der Waals surface area (Å²) in [5.41, 5.74) is 2.46. The van der Waals surface area contributed by atoms with Crippen LogP contribution in [-0.4, -0.2) is 62.5 Å². The van der Waals surface area contributed by atoms with Crippen LogP contribution in [0.3, 0.4) is 0 Å². The van der Waals surface area contributed by atoms with E-state index < -0.39 is 0 Å². The molecule has 0 saturated carbocycles. The van der Waals surface area contributed by atoms with Crippen LogP contribution >= 0.6 is 0 Å². The lowest BCUT2D eigenvalue weighted by Crippen LogP contribution is -2.31. The first-order valence-corrected chi connectivity index (χ1v) is 10.3. The molecule has 1 aliphatic heterocycles. The van der Waals surface area contributed by atoms with Crippen molar-refractivity contribution in [1.82, 2.24) is 10.2 Å². The molecule has 164 valence electrons. The third-order valence-corrected chi connectivity index (χ3v) is 4.94. The van der Waals surface area contributed by atoms with Crippen LogP contribution < -0.4 is 16.0 Å². The molecule has 0 aromatic heterocycles. The van der Waals surface area contributed by atoms with Gasteiger partial charge in [0.2, 0.25) is 5.91 Å². The van der Waals surface area contributed by atoms with E-state index in [2.05, 4.69) is 16.0 Å². The van der Waals surface area contributed by atoms with Crippen molar-refractivity contribution < 1.29 is 19.1 Å². The molecule has 0 bridgehead atoms. The van der Waals surface area contributed by atoms with E-state index in [0.29, 0.717) is 23.4 Å². The molecule has 1 heterocycles. The zero-order valence-corrected chi connectivity index (χ0v) is 17.8. The number of amides is 3. The van der Waals surface area contributed by atoms with Crippen molar-refractivity contribution in [2.75, 3.05) is 44.4 Å². The summed E-state index contributed by atoms with van der Waals surface area (Å²) in [5, 5.41) is 8.69. The maximum Gasteiger partial charge on any atom is 0.253 e. The van der Waals surface area contributed by atoms with E-state index >= 15 is 0 Å². The Morgan fingerprint density at radius 2 is 1.61 bits per heavy atom. The molecule has 3 rings (SSSR count). The van der Waals surface area contributed by atoms with Crippen LogP contribution in [0.15, 0.2) is 48.5 Å². The maximum absolute atomic E-state index is 12.2. The van der Waals surface area contributed by atoms with Crippen molar-refractivity contribution in [3.05, 3.63) is 59.7 Å². The average molecular weight is 425 g/mol. The topological polar surface area (TPSA) is 99.8 Å². The number of anilines is 2. The number of nitrogens with zero attached hydrogens (tertiary/aromatic N) is 1. The number of carbonyl (C=O) groups is 3. The van der Waals surface area contributed by atoms with Crippen LogP contribution in [-0.2, 0) is 9.53 Å². The molecule has 0 spiro atoms. The Morgan fingerprint density at radius 1 is 0.968 bits per heavy atom. The van der Waals surface area contributed by atoms with Crippen molar-refractivity contribution >= 4 is 29.1 Å². The molecule has 0 aliphatic carbocycles. The van der Waals surface area contributed by atoms with Crippen LogP contribution in [0, 0.1) is 0 Å². The lowest BCUT2D eigenvalue weighted by Gasteiger charge is -2.12. The summed E-state index contributed by atoms with van der Waals surface area (Å²) < 4.78 is 5.50. The molecule has 1 unspecified atom stereocenters. The predicted molar refractivity (Wildman–Crippen MR) is 119 cm³/mol. The minimum absolute atomic E-state index is 0.0724. The standard InChI is InChI=1S/C23H28N4O4/c1-27(2)23(30)17-7-11-19(12-8-17)26-21(28)15-24-18-9-5-16(6-10-18)22(29)25-14-20-4-3-13-31-20/h5-12,20,24H,3-4,13-15H2,1-2H3,(H,25,29)(H,26,28). The average Bonchev–Trinajstić information content (AvgIpc) is 3.30. The highest BCUT2D eigenvalue weighted by Gasteiger charge is 2.16. The Labute approximate surface area is 182 Å². The molecule has 1 saturated heterocycles. The monoisotopic (exact) mass is 424 g/mol. The van der Waals surface area contributed by atoms with Crippen molar-refractivity contribution in [1.29, 1.82) is 0 Å². The van der Waals surface area contributed by atoms with Gasteiger partial charge in [0.1, 0.15) is 0 Å². The van der Waals surface area contributed by atoms with Gasteiger partial charge in [0.05, 0.1) is 12.6 Å². The van der Waals surface area contributed by atoms with Gasteiger partial charge in [-0.15, -0.1) is 0 Å². The molecule has 3 N–H and O–H groups in total. The number of nitrogens with one attached hydrogen (secondary N) is 3. The summed E-state index contributed by atoms with van der Waals surface area (Å²) in [5.74, 6) is -0.454. The van der Waals surface area contributed by atoms with Gasteiger partial charge in [-0.2, -0.15) is 0 Å². The number of rotatable bonds is 8. The summed E-state index contributed by atoms with van der Waals surface area (Å²) >= 11 is 0. The number of ether oxygens (including phenoxy) is 1. The van der Waals surface area contributed by atoms with E-state index in [4.69, 9.17) is 4.74 Å². The molecule has 8 heteroatoms. The van der Waals surface area contributed by atoms with Gasteiger partial charge >= 0.3 is 0 Å². The first-order valence-electron chi connectivity index (χ1n) is 10.3. The Hall–Kier alpha value is -3.39. The zero-order valence-electron chi connectivity index (χ0n) is 17.8. The molecule has 1 atom stereocenters. The van der Waals surface area contributed by atoms with E-state index in [1.807, 2.05) is 0 Å². The van der Waals surface area contributed by atoms with Gasteiger partial charge in [-0.25, -0.2) is 0 Å². The van der Waals surface area contributed by atoms with Gasteiger partial charge in [-0.1, -0.05) is 0 Å². The zero-order chi connectivity index (χ0) is 22.2. The highest BCUT2D eigenvalue weighted by molar-refractivity contribution is 5.97. The van der Waals surface area contributed by atoms with E-state index in [9.17, 15) is 14.4 Å². The summed E-state index contributed by atoms with van der Waals surface area (Å²) in [6.07, 6.45) is 2.12. The van der Waals surface area contributed by atoms with Gasteiger partial charge in [0.15, 0.2) is 0 Å². The van der Waals surface area contributed by atoms with E-state index in [1.54, 1.807) is 62.6 Å². The number of carbonyl (C=O) groups excluding carboxylic acids is 3. The third kappa shape index (κ3) is 6.55. The summed E-state index contributed by atoms with van der Waals surface area (Å²) in [4.78, 5) is 37.8. The second-order valence-corrected chi connectivity index (χ2v) is 7.60. The van der Waals surface area contributed by atoms with Crippen molar-refractivity contribution in [2.24, 2.45) is 0 Å². The second kappa shape index (κ2) is 10.6. The van der Waals surface area contributed by atoms with Gasteiger partial charge in [0.25, 0.3) is 11.8 Å². The highest BCUT2D eigenvalue weighted by atomic mass is 16.5. The van der Waals surface area contributed by atoms with E-state index in [1.165, 1.54) is 4.90 Å². The van der Waals surface area contributed by atoms with Gasteiger partial charge in [-0.05, 0) is 61.4 Å². The minimum Gasteiger partial charge on any atom is -0.376 e. The lowest BCUT2D eigenvalue weighted by atomic mass is 10.2. The molecule has 3 amide bonds. The molecule has 8 nitrogen and oxygen atoms in total. The molecule has 2 aromatic carbocycles. The van der Waals surface area contributed by atoms with E-state index in [-0.39, 0.29) is 30.4 Å². The fraction of sp³-hybridized carbons (Fsp3) is 0.348. The Balaban J connectivity index is 1.43. The SMILES string of the molecule is CN(C)C(=O)c1ccc(NC(=O)CNc2ccc(C(=O)NCC3CCCO3)cc2)cc1. The predicted octanol–water partition coefficient (Wildman–Crippen LogP) is 2.35. The highest BCUT2D eigenvalue weighted by Crippen LogP contribution is 2.13. The molecule has 0 radical (unpaired) electrons. The molecular formula is C23H28N4O4. The quantitative estimate of drug-likeness (QED) is 0.604. The first kappa shape index (κ1) is 22.3. The molecule has 1 aliphatic rings. The fourth-order valence-electron chi connectivity index (χ4n) is 3.20. The van der Waals surface area contributed by atoms with Crippen molar-refractivity contribution in [3.8, 4) is 0 Å². The van der Waals surface area contributed by atoms with Gasteiger partial charge in [0, 0.05) is 49.7 Å². The third-order valence-electron chi connectivity index (χ3n) is 4.94. The molecule has 31 heavy (non-hydrogen) atoms. The second-order valence-electron chi connectivity index (χ2n) is 7.60. The largest absolute Gasteiger partial charge is 0.376 e. The number of hydrogen-bond donors (Lipinski definition) is 3. The lowest BCUT2D eigenvalue weighted by molar-refractivity contribution is -0.114. The Morgan fingerprint density at radius 3 is 2.23 bits per heavy atom. The molecule has 2 aromatic rings. The van der Waals surface area contributed by atoms with Crippen LogP contribution in [0.25, 0.3) is 0 Å². The summed E-state index contributed by atoms with van der Waals surface area (Å²) in [6, 6.07) is 13.7. The summed E-state index contributed by atoms with van der Waals surface area (Å²) in [6.45, 7) is 1.35. The molecule has 1 fully saturated rings. The van der Waals surface area contributed by atoms with Crippen LogP contribution in [0.1, 0.15) is 33.6 Å². The van der Waals surface area contributed by atoms with Crippen molar-refractivity contribution in [3.63, 3.8) is 0 Å². The smallest absolute Gasteiger partial charge is 0.253 e. The minimum atomic E-state index is -0.218. The van der Waals surface area contributed by atoms with Crippen LogP contribution in [0.2, 0.25) is 0 Å². The van der Waals surface area contributed by atoms with Gasteiger partial charge < -0.3 is 25.6 Å². The van der Waals surface area contributed by atoms with Crippen LogP contribution in [0.5, 0.6) is 0 Å². The first-order chi connectivity index (χ1) is 14.9. The number of hydrogen-bond acceptors (Lipinski definition) is 5. The fourth-order valence-corrected chi connectivity index (χ4v) is 3.20. The van der Waals surface area contributed by atoms with Crippen LogP contribution in [0.4, 0.5) is 11.4 Å². The summed E-state index contributed by atoms with van der Waals surface area (Å²) in [7, 11) is 3.38. The normalized spacial score (nSPS) is 15.2. The Bertz CT molecular complexity index is 904. The van der Waals surface area contributed by atoms with Crippen molar-refractivity contribution in [2.45, 2.75) is 18.9 Å². The Kier molecular flexibility index (Phi) is 7.61. The molecular weight excluding hydrogens is 396 g/mol. The van der Waals surface area contributed by atoms with Gasteiger partial charge in [-0.3, -0.25) is 14.4 Å². The van der Waals surface area contributed by atoms with E-state index in [0.717, 1.165) is 25.1 Å².